The summed E-state index contributed by atoms with van der Waals surface area (Å²) < 4.78 is 5.62. The lowest BCUT2D eigenvalue weighted by atomic mass is 9.86. The predicted molar refractivity (Wildman–Crippen MR) is 116 cm³/mol. The fourth-order valence-corrected chi connectivity index (χ4v) is 4.65. The second-order valence-corrected chi connectivity index (χ2v) is 9.62. The Labute approximate surface area is 176 Å². The van der Waals surface area contributed by atoms with E-state index in [1.165, 1.54) is 11.8 Å². The largest absolute Gasteiger partial charge is 0.511 e. The number of cyclic esters (lactones) is 1. The number of carbonyl (C=O) groups excluding carboxylic acids is 1. The number of ether oxygens (including phenoxy) is 1. The Hall–Kier alpha value is -2.40. The quantitative estimate of drug-likeness (QED) is 0.607. The minimum absolute atomic E-state index is 0.0720. The van der Waals surface area contributed by atoms with Crippen molar-refractivity contribution in [3.05, 3.63) is 69.8 Å². The second kappa shape index (κ2) is 8.54. The number of thioether (sulfide) groups is 1. The van der Waals surface area contributed by atoms with Crippen LogP contribution in [0.2, 0.25) is 0 Å². The molecular weight excluding hydrogens is 384 g/mol. The van der Waals surface area contributed by atoms with E-state index in [1.54, 1.807) is 12.1 Å². The van der Waals surface area contributed by atoms with Crippen molar-refractivity contribution in [3.8, 4) is 5.75 Å². The Morgan fingerprint density at radius 1 is 1.10 bits per heavy atom. The van der Waals surface area contributed by atoms with Gasteiger partial charge in [0.15, 0.2) is 0 Å². The van der Waals surface area contributed by atoms with Crippen LogP contribution in [0.4, 0.5) is 0 Å². The molecule has 5 heteroatoms. The number of aromatic hydroxyl groups is 1. The first-order valence-electron chi connectivity index (χ1n) is 9.83. The number of hydrogen-bond acceptors (Lipinski definition) is 5. The van der Waals surface area contributed by atoms with Crippen LogP contribution in [0, 0.1) is 6.92 Å². The van der Waals surface area contributed by atoms with Gasteiger partial charge in [-0.2, -0.15) is 0 Å². The maximum Gasteiger partial charge on any atom is 0.348 e. The van der Waals surface area contributed by atoms with E-state index in [4.69, 9.17) is 4.74 Å². The van der Waals surface area contributed by atoms with Crippen molar-refractivity contribution in [2.45, 2.75) is 63.4 Å². The summed E-state index contributed by atoms with van der Waals surface area (Å²) in [6.07, 6.45) is 1.30. The number of benzene rings is 2. The molecule has 0 aliphatic carbocycles. The highest BCUT2D eigenvalue weighted by Gasteiger charge is 2.31. The van der Waals surface area contributed by atoms with Crippen LogP contribution in [0.15, 0.2) is 58.0 Å². The number of phenolic OH excluding ortho intramolecular Hbond substituents is 1. The average molecular weight is 413 g/mol. The molecule has 2 aromatic rings. The van der Waals surface area contributed by atoms with E-state index >= 15 is 0 Å². The number of hydrogen-bond donors (Lipinski definition) is 2. The van der Waals surface area contributed by atoms with Crippen molar-refractivity contribution >= 4 is 17.7 Å². The number of aliphatic hydroxyl groups excluding tert-OH is 1. The van der Waals surface area contributed by atoms with Gasteiger partial charge >= 0.3 is 5.97 Å². The third kappa shape index (κ3) is 5.36. The molecule has 0 amide bonds. The van der Waals surface area contributed by atoms with Gasteiger partial charge in [-0.05, 0) is 60.1 Å². The van der Waals surface area contributed by atoms with E-state index in [0.717, 1.165) is 21.6 Å². The van der Waals surface area contributed by atoms with Crippen molar-refractivity contribution in [1.29, 1.82) is 0 Å². The molecule has 3 rings (SSSR count). The Balaban J connectivity index is 1.73. The molecule has 0 fully saturated rings. The topological polar surface area (TPSA) is 66.8 Å². The SMILES string of the molecule is Cc1ccc(C(C)(C)C)c(SC2=C(O)CC(CCc3ccc(O)cc3)OC2=O)c1. The van der Waals surface area contributed by atoms with Crippen LogP contribution < -0.4 is 0 Å². The summed E-state index contributed by atoms with van der Waals surface area (Å²) in [6, 6.07) is 13.2. The van der Waals surface area contributed by atoms with Gasteiger partial charge in [-0.15, -0.1) is 0 Å². The number of rotatable bonds is 5. The first-order valence-corrected chi connectivity index (χ1v) is 10.6. The van der Waals surface area contributed by atoms with Crippen LogP contribution >= 0.6 is 11.8 Å². The van der Waals surface area contributed by atoms with Crippen molar-refractivity contribution in [1.82, 2.24) is 0 Å². The van der Waals surface area contributed by atoms with E-state index in [0.29, 0.717) is 19.3 Å². The first-order chi connectivity index (χ1) is 13.6. The highest BCUT2D eigenvalue weighted by Crippen LogP contribution is 2.40. The molecule has 4 nitrogen and oxygen atoms in total. The molecule has 0 spiro atoms. The second-order valence-electron chi connectivity index (χ2n) is 8.56. The molecule has 1 heterocycles. The molecule has 1 unspecified atom stereocenters. The third-order valence-corrected chi connectivity index (χ3v) is 6.15. The molecule has 0 bridgehead atoms. The van der Waals surface area contributed by atoms with Crippen LogP contribution in [0.25, 0.3) is 0 Å². The third-order valence-electron chi connectivity index (χ3n) is 4.99. The molecule has 0 saturated carbocycles. The average Bonchev–Trinajstić information content (AvgIpc) is 2.63. The van der Waals surface area contributed by atoms with Gasteiger partial charge < -0.3 is 14.9 Å². The Bertz CT molecular complexity index is 923. The molecule has 2 N–H and O–H groups in total. The fraction of sp³-hybridized carbons (Fsp3) is 0.375. The van der Waals surface area contributed by atoms with E-state index in [1.807, 2.05) is 19.1 Å². The molecular formula is C24H28O4S. The normalized spacial score (nSPS) is 17.4. The number of phenols is 1. The minimum Gasteiger partial charge on any atom is -0.511 e. The maximum atomic E-state index is 12.6. The summed E-state index contributed by atoms with van der Waals surface area (Å²) in [6.45, 7) is 8.42. The van der Waals surface area contributed by atoms with Gasteiger partial charge in [0.2, 0.25) is 0 Å². The van der Waals surface area contributed by atoms with E-state index in [-0.39, 0.29) is 27.9 Å². The lowest BCUT2D eigenvalue weighted by Gasteiger charge is -2.26. The van der Waals surface area contributed by atoms with Gasteiger partial charge in [-0.25, -0.2) is 4.79 Å². The standard InChI is InChI=1S/C24H28O4S/c1-15-5-12-19(24(2,3)4)21(13-15)29-22-20(26)14-18(28-23(22)27)11-8-16-6-9-17(25)10-7-16/h5-7,9-10,12-13,18,25-26H,8,11,14H2,1-4H3. The van der Waals surface area contributed by atoms with Crippen molar-refractivity contribution in [2.24, 2.45) is 0 Å². The molecule has 2 aromatic carbocycles. The van der Waals surface area contributed by atoms with Gasteiger partial charge in [0.05, 0.1) is 0 Å². The van der Waals surface area contributed by atoms with Crippen LogP contribution in [-0.2, 0) is 21.4 Å². The smallest absolute Gasteiger partial charge is 0.348 e. The van der Waals surface area contributed by atoms with Gasteiger partial charge in [0.1, 0.15) is 22.5 Å². The van der Waals surface area contributed by atoms with Gasteiger partial charge in [0, 0.05) is 11.3 Å². The van der Waals surface area contributed by atoms with Crippen LogP contribution in [0.1, 0.15) is 50.3 Å². The molecule has 1 aliphatic rings. The summed E-state index contributed by atoms with van der Waals surface area (Å²) in [7, 11) is 0. The zero-order chi connectivity index (χ0) is 21.2. The summed E-state index contributed by atoms with van der Waals surface area (Å²) in [4.78, 5) is 13.9. The first kappa shape index (κ1) is 21.3. The lowest BCUT2D eigenvalue weighted by Crippen LogP contribution is -2.26. The summed E-state index contributed by atoms with van der Waals surface area (Å²) in [5.74, 6) is -0.134. The highest BCUT2D eigenvalue weighted by molar-refractivity contribution is 8.04. The zero-order valence-electron chi connectivity index (χ0n) is 17.4. The number of aliphatic hydroxyl groups is 1. The molecule has 0 saturated heterocycles. The molecule has 0 aromatic heterocycles. The summed E-state index contributed by atoms with van der Waals surface area (Å²) in [5, 5.41) is 20.0. The van der Waals surface area contributed by atoms with Crippen molar-refractivity contribution in [2.75, 3.05) is 0 Å². The maximum absolute atomic E-state index is 12.6. The van der Waals surface area contributed by atoms with Gasteiger partial charge in [-0.3, -0.25) is 0 Å². The summed E-state index contributed by atoms with van der Waals surface area (Å²) in [5.41, 5.74) is 3.22. The molecule has 1 atom stereocenters. The monoisotopic (exact) mass is 412 g/mol. The molecule has 29 heavy (non-hydrogen) atoms. The zero-order valence-corrected chi connectivity index (χ0v) is 18.2. The number of carbonyl (C=O) groups is 1. The lowest BCUT2D eigenvalue weighted by molar-refractivity contribution is -0.145. The predicted octanol–water partition coefficient (Wildman–Crippen LogP) is 5.81. The van der Waals surface area contributed by atoms with E-state index < -0.39 is 5.97 Å². The highest BCUT2D eigenvalue weighted by atomic mass is 32.2. The molecule has 0 radical (unpaired) electrons. The van der Waals surface area contributed by atoms with Crippen molar-refractivity contribution in [3.63, 3.8) is 0 Å². The molecule has 154 valence electrons. The number of aryl methyl sites for hydroxylation is 2. The van der Waals surface area contributed by atoms with E-state index in [2.05, 4.69) is 39.0 Å². The summed E-state index contributed by atoms with van der Waals surface area (Å²) >= 11 is 1.29. The van der Waals surface area contributed by atoms with Crippen molar-refractivity contribution < 1.29 is 19.7 Å². The van der Waals surface area contributed by atoms with E-state index in [9.17, 15) is 15.0 Å². The Morgan fingerprint density at radius 2 is 1.79 bits per heavy atom. The van der Waals surface area contributed by atoms with Crippen LogP contribution in [0.3, 0.4) is 0 Å². The van der Waals surface area contributed by atoms with Crippen LogP contribution in [0.5, 0.6) is 5.75 Å². The van der Waals surface area contributed by atoms with Gasteiger partial charge in [0.25, 0.3) is 0 Å². The Kier molecular flexibility index (Phi) is 6.27. The van der Waals surface area contributed by atoms with Crippen LogP contribution in [-0.4, -0.2) is 22.3 Å². The minimum atomic E-state index is -0.462. The molecule has 1 aliphatic heterocycles. The Morgan fingerprint density at radius 3 is 2.41 bits per heavy atom. The van der Waals surface area contributed by atoms with Gasteiger partial charge in [-0.1, -0.05) is 56.8 Å². The fourth-order valence-electron chi connectivity index (χ4n) is 3.37. The number of esters is 1.